The van der Waals surface area contributed by atoms with E-state index in [-0.39, 0.29) is 24.0 Å². The van der Waals surface area contributed by atoms with Crippen molar-refractivity contribution in [3.05, 3.63) is 29.6 Å². The quantitative estimate of drug-likeness (QED) is 0.815. The highest BCUT2D eigenvalue weighted by molar-refractivity contribution is 5.78. The predicted octanol–water partition coefficient (Wildman–Crippen LogP) is 2.67. The summed E-state index contributed by atoms with van der Waals surface area (Å²) in [4.78, 5) is 12.1. The highest BCUT2D eigenvalue weighted by atomic mass is 19.1. The van der Waals surface area contributed by atoms with Gasteiger partial charge in [-0.15, -0.1) is 0 Å². The minimum Gasteiger partial charge on any atom is -0.508 e. The van der Waals surface area contributed by atoms with E-state index in [2.05, 4.69) is 5.32 Å². The van der Waals surface area contributed by atoms with E-state index >= 15 is 0 Å². The van der Waals surface area contributed by atoms with Gasteiger partial charge in [0, 0.05) is 11.6 Å². The van der Waals surface area contributed by atoms with Crippen LogP contribution in [0.5, 0.6) is 5.75 Å². The summed E-state index contributed by atoms with van der Waals surface area (Å²) in [6.07, 6.45) is 4.18. The Kier molecular flexibility index (Phi) is 4.95. The van der Waals surface area contributed by atoms with Crippen LogP contribution < -0.4 is 5.32 Å². The molecule has 0 saturated heterocycles. The topological polar surface area (TPSA) is 58.6 Å². The third-order valence-corrected chi connectivity index (χ3v) is 3.58. The lowest BCUT2D eigenvalue weighted by atomic mass is 10.0. The number of rotatable bonds is 5. The van der Waals surface area contributed by atoms with Crippen molar-refractivity contribution < 1.29 is 19.0 Å². The lowest BCUT2D eigenvalue weighted by Gasteiger charge is -2.22. The van der Waals surface area contributed by atoms with Crippen LogP contribution in [0.1, 0.15) is 44.2 Å². The van der Waals surface area contributed by atoms with Gasteiger partial charge in [-0.05, 0) is 38.0 Å². The second-order valence-electron chi connectivity index (χ2n) is 5.04. The first kappa shape index (κ1) is 14.8. The van der Waals surface area contributed by atoms with E-state index in [1.807, 2.05) is 0 Å². The molecule has 0 heterocycles. The maximum atomic E-state index is 13.4. The van der Waals surface area contributed by atoms with Crippen molar-refractivity contribution in [2.24, 2.45) is 0 Å². The Morgan fingerprint density at radius 1 is 1.50 bits per heavy atom. The number of benzene rings is 1. The van der Waals surface area contributed by atoms with E-state index < -0.39 is 17.8 Å². The Labute approximate surface area is 117 Å². The third kappa shape index (κ3) is 3.48. The number of halogens is 1. The normalized spacial score (nSPS) is 17.1. The van der Waals surface area contributed by atoms with Crippen LogP contribution in [0.25, 0.3) is 0 Å². The van der Waals surface area contributed by atoms with Gasteiger partial charge in [0.15, 0.2) is 0 Å². The zero-order valence-corrected chi connectivity index (χ0v) is 11.6. The summed E-state index contributed by atoms with van der Waals surface area (Å²) in [7, 11) is 0. The number of carbonyl (C=O) groups excluding carboxylic acids is 1. The molecule has 2 N–H and O–H groups in total. The first-order chi connectivity index (χ1) is 9.61. The lowest BCUT2D eigenvalue weighted by molar-refractivity contribution is -0.146. The zero-order valence-electron chi connectivity index (χ0n) is 11.6. The monoisotopic (exact) mass is 281 g/mol. The van der Waals surface area contributed by atoms with Crippen molar-refractivity contribution in [1.29, 1.82) is 0 Å². The third-order valence-electron chi connectivity index (χ3n) is 3.58. The summed E-state index contributed by atoms with van der Waals surface area (Å²) < 4.78 is 18.4. The van der Waals surface area contributed by atoms with Crippen LogP contribution in [0, 0.1) is 5.82 Å². The van der Waals surface area contributed by atoms with Gasteiger partial charge in [-0.2, -0.15) is 0 Å². The van der Waals surface area contributed by atoms with Crippen LogP contribution in [-0.4, -0.2) is 23.7 Å². The highest BCUT2D eigenvalue weighted by Crippen LogP contribution is 2.29. The molecule has 0 bridgehead atoms. The molecule has 1 aliphatic rings. The van der Waals surface area contributed by atoms with E-state index in [4.69, 9.17) is 4.74 Å². The van der Waals surface area contributed by atoms with Crippen LogP contribution in [0.4, 0.5) is 4.39 Å². The van der Waals surface area contributed by atoms with Crippen molar-refractivity contribution >= 4 is 5.97 Å². The van der Waals surface area contributed by atoms with Crippen LogP contribution in [0.15, 0.2) is 18.2 Å². The fourth-order valence-corrected chi connectivity index (χ4v) is 2.60. The molecule has 110 valence electrons. The molecule has 0 aliphatic heterocycles. The number of hydrogen-bond acceptors (Lipinski definition) is 4. The van der Waals surface area contributed by atoms with Crippen molar-refractivity contribution in [2.75, 3.05) is 6.61 Å². The van der Waals surface area contributed by atoms with Crippen molar-refractivity contribution in [1.82, 2.24) is 5.32 Å². The van der Waals surface area contributed by atoms with Gasteiger partial charge in [-0.3, -0.25) is 5.32 Å². The fourth-order valence-electron chi connectivity index (χ4n) is 2.60. The number of phenolic OH excluding ortho intramolecular Hbond substituents is 1. The molecule has 1 saturated carbocycles. The standard InChI is InChI=1S/C15H20FNO3/c1-2-20-15(19)14(17-11-5-3-4-6-11)12-9-10(16)7-8-13(12)18/h7-9,11,14,17-18H,2-6H2,1H3. The number of esters is 1. The lowest BCUT2D eigenvalue weighted by Crippen LogP contribution is -2.36. The minimum atomic E-state index is -0.825. The molecule has 0 aromatic heterocycles. The Balaban J connectivity index is 2.24. The van der Waals surface area contributed by atoms with E-state index in [0.717, 1.165) is 31.7 Å². The molecular formula is C15H20FNO3. The first-order valence-electron chi connectivity index (χ1n) is 7.03. The molecule has 1 aliphatic carbocycles. The molecule has 0 radical (unpaired) electrons. The molecule has 1 unspecified atom stereocenters. The van der Waals surface area contributed by atoms with Crippen molar-refractivity contribution in [3.8, 4) is 5.75 Å². The molecule has 20 heavy (non-hydrogen) atoms. The molecule has 5 heteroatoms. The number of carbonyl (C=O) groups is 1. The number of ether oxygens (including phenoxy) is 1. The number of phenols is 1. The molecule has 0 spiro atoms. The molecule has 1 fully saturated rings. The number of nitrogens with one attached hydrogen (secondary N) is 1. The Bertz CT molecular complexity index is 472. The summed E-state index contributed by atoms with van der Waals surface area (Å²) >= 11 is 0. The van der Waals surface area contributed by atoms with Gasteiger partial charge < -0.3 is 9.84 Å². The van der Waals surface area contributed by atoms with Crippen LogP contribution in [0.2, 0.25) is 0 Å². The molecule has 0 amide bonds. The average molecular weight is 281 g/mol. The second-order valence-corrected chi connectivity index (χ2v) is 5.04. The summed E-state index contributed by atoms with van der Waals surface area (Å²) in [6.45, 7) is 1.97. The molecule has 2 rings (SSSR count). The van der Waals surface area contributed by atoms with Gasteiger partial charge in [-0.25, -0.2) is 9.18 Å². The van der Waals surface area contributed by atoms with E-state index in [1.165, 1.54) is 12.1 Å². The van der Waals surface area contributed by atoms with Crippen LogP contribution in [0.3, 0.4) is 0 Å². The highest BCUT2D eigenvalue weighted by Gasteiger charge is 2.29. The molecular weight excluding hydrogens is 261 g/mol. The largest absolute Gasteiger partial charge is 0.508 e. The van der Waals surface area contributed by atoms with Crippen molar-refractivity contribution in [3.63, 3.8) is 0 Å². The summed E-state index contributed by atoms with van der Waals surface area (Å²) in [6, 6.07) is 2.98. The van der Waals surface area contributed by atoms with Gasteiger partial charge >= 0.3 is 5.97 Å². The Hall–Kier alpha value is -1.62. The molecule has 1 aromatic rings. The van der Waals surface area contributed by atoms with Crippen LogP contribution >= 0.6 is 0 Å². The van der Waals surface area contributed by atoms with Crippen molar-refractivity contribution in [2.45, 2.75) is 44.7 Å². The zero-order chi connectivity index (χ0) is 14.5. The average Bonchev–Trinajstić information content (AvgIpc) is 2.92. The van der Waals surface area contributed by atoms with E-state index in [0.29, 0.717) is 0 Å². The maximum absolute atomic E-state index is 13.4. The minimum absolute atomic E-state index is 0.102. The number of aromatic hydroxyl groups is 1. The van der Waals surface area contributed by atoms with Gasteiger partial charge in [0.2, 0.25) is 0 Å². The fraction of sp³-hybridized carbons (Fsp3) is 0.533. The summed E-state index contributed by atoms with van der Waals surface area (Å²) in [5, 5.41) is 13.1. The molecule has 4 nitrogen and oxygen atoms in total. The van der Waals surface area contributed by atoms with Gasteiger partial charge in [0.1, 0.15) is 17.6 Å². The maximum Gasteiger partial charge on any atom is 0.327 e. The van der Waals surface area contributed by atoms with E-state index in [1.54, 1.807) is 6.92 Å². The Morgan fingerprint density at radius 2 is 2.20 bits per heavy atom. The summed E-state index contributed by atoms with van der Waals surface area (Å²) in [5.74, 6) is -1.07. The predicted molar refractivity (Wildman–Crippen MR) is 72.8 cm³/mol. The van der Waals surface area contributed by atoms with Gasteiger partial charge in [0.25, 0.3) is 0 Å². The SMILES string of the molecule is CCOC(=O)C(NC1CCCC1)c1cc(F)ccc1O. The summed E-state index contributed by atoms with van der Waals surface area (Å²) in [5.41, 5.74) is 0.232. The first-order valence-corrected chi connectivity index (χ1v) is 7.03. The molecule has 1 atom stereocenters. The second kappa shape index (κ2) is 6.70. The number of hydrogen-bond donors (Lipinski definition) is 2. The van der Waals surface area contributed by atoms with Gasteiger partial charge in [-0.1, -0.05) is 12.8 Å². The smallest absolute Gasteiger partial charge is 0.327 e. The van der Waals surface area contributed by atoms with Gasteiger partial charge in [0.05, 0.1) is 6.61 Å². The van der Waals surface area contributed by atoms with E-state index in [9.17, 15) is 14.3 Å². The van der Waals surface area contributed by atoms with Crippen LogP contribution in [-0.2, 0) is 9.53 Å². The Morgan fingerprint density at radius 3 is 2.85 bits per heavy atom. The molecule has 1 aromatic carbocycles.